The lowest BCUT2D eigenvalue weighted by Crippen LogP contribution is -2.35. The van der Waals surface area contributed by atoms with E-state index in [2.05, 4.69) is 10.3 Å². The van der Waals surface area contributed by atoms with Gasteiger partial charge in [0.05, 0.1) is 17.2 Å². The van der Waals surface area contributed by atoms with Crippen molar-refractivity contribution in [3.8, 4) is 0 Å². The molecule has 2 aromatic rings. The van der Waals surface area contributed by atoms with E-state index < -0.39 is 0 Å². The molecule has 1 heterocycles. The zero-order valence-electron chi connectivity index (χ0n) is 12.3. The maximum atomic E-state index is 12.3. The fourth-order valence-corrected chi connectivity index (χ4v) is 2.83. The highest BCUT2D eigenvalue weighted by molar-refractivity contribution is 5.93. The van der Waals surface area contributed by atoms with Crippen molar-refractivity contribution >= 4 is 17.0 Å². The summed E-state index contributed by atoms with van der Waals surface area (Å²) >= 11 is 0. The minimum Gasteiger partial charge on any atom is -0.456 e. The highest BCUT2D eigenvalue weighted by Gasteiger charge is 2.28. The molecule has 112 valence electrons. The Morgan fingerprint density at radius 1 is 1.29 bits per heavy atom. The molecular formula is C15H19N3O3. The number of methoxy groups -OCH3 is 1. The number of rotatable bonds is 3. The smallest absolute Gasteiger partial charge is 0.338 e. The van der Waals surface area contributed by atoms with Gasteiger partial charge in [0.25, 0.3) is 0 Å². The number of ether oxygens (including phenoxy) is 2. The number of benzene rings is 1. The molecule has 0 aliphatic heterocycles. The van der Waals surface area contributed by atoms with Crippen LogP contribution >= 0.6 is 0 Å². The first-order valence-corrected chi connectivity index (χ1v) is 7.22. The zero-order valence-corrected chi connectivity index (χ0v) is 12.3. The zero-order chi connectivity index (χ0) is 14.8. The molecule has 0 N–H and O–H groups in total. The van der Waals surface area contributed by atoms with E-state index in [9.17, 15) is 4.79 Å². The number of nitrogens with zero attached hydrogens (tertiary/aromatic N) is 3. The van der Waals surface area contributed by atoms with Gasteiger partial charge in [-0.05, 0) is 37.5 Å². The monoisotopic (exact) mass is 289 g/mol. The second-order valence-corrected chi connectivity index (χ2v) is 5.42. The summed E-state index contributed by atoms with van der Waals surface area (Å²) in [5.74, 6) is -0.313. The standard InChI is InChI=1S/C15H19N3O3/c1-18-12-9-10(7-8-11(12)16-17-18)15(19)21-14-6-4-3-5-13(14)20-2/h7-9,13-14H,3-6H2,1-2H3/t13-,14-/m1/s1. The molecule has 2 atom stereocenters. The van der Waals surface area contributed by atoms with Gasteiger partial charge in [0.2, 0.25) is 0 Å². The third-order valence-corrected chi connectivity index (χ3v) is 4.05. The third-order valence-electron chi connectivity index (χ3n) is 4.05. The minimum absolute atomic E-state index is 0.00445. The van der Waals surface area contributed by atoms with Crippen LogP contribution in [0.1, 0.15) is 36.0 Å². The summed E-state index contributed by atoms with van der Waals surface area (Å²) in [7, 11) is 3.47. The SMILES string of the molecule is CO[C@@H]1CCCC[C@H]1OC(=O)c1ccc2nnn(C)c2c1. The Balaban J connectivity index is 1.78. The normalized spacial score (nSPS) is 22.4. The summed E-state index contributed by atoms with van der Waals surface area (Å²) in [5.41, 5.74) is 2.10. The van der Waals surface area contributed by atoms with Crippen LogP contribution in [0.25, 0.3) is 11.0 Å². The van der Waals surface area contributed by atoms with E-state index in [1.54, 1.807) is 37.0 Å². The van der Waals surface area contributed by atoms with Gasteiger partial charge in [0, 0.05) is 14.2 Å². The molecular weight excluding hydrogens is 270 g/mol. The molecule has 0 radical (unpaired) electrons. The van der Waals surface area contributed by atoms with E-state index in [1.807, 2.05) is 0 Å². The van der Waals surface area contributed by atoms with Crippen LogP contribution in [0.2, 0.25) is 0 Å². The van der Waals surface area contributed by atoms with E-state index in [0.717, 1.165) is 36.7 Å². The van der Waals surface area contributed by atoms with Crippen LogP contribution in [0.5, 0.6) is 0 Å². The highest BCUT2D eigenvalue weighted by Crippen LogP contribution is 2.24. The fourth-order valence-electron chi connectivity index (χ4n) is 2.83. The van der Waals surface area contributed by atoms with Crippen molar-refractivity contribution in [1.82, 2.24) is 15.0 Å². The van der Waals surface area contributed by atoms with E-state index in [0.29, 0.717) is 5.56 Å². The van der Waals surface area contributed by atoms with Gasteiger partial charge >= 0.3 is 5.97 Å². The Morgan fingerprint density at radius 3 is 2.81 bits per heavy atom. The van der Waals surface area contributed by atoms with Crippen LogP contribution in [-0.2, 0) is 16.5 Å². The van der Waals surface area contributed by atoms with Crippen molar-refractivity contribution in [2.75, 3.05) is 7.11 Å². The van der Waals surface area contributed by atoms with Gasteiger partial charge in [0.15, 0.2) is 0 Å². The van der Waals surface area contributed by atoms with Gasteiger partial charge in [-0.3, -0.25) is 0 Å². The first-order valence-electron chi connectivity index (χ1n) is 7.22. The van der Waals surface area contributed by atoms with Gasteiger partial charge in [-0.15, -0.1) is 5.10 Å². The van der Waals surface area contributed by atoms with Crippen molar-refractivity contribution in [2.45, 2.75) is 37.9 Å². The molecule has 1 fully saturated rings. The number of esters is 1. The Morgan fingerprint density at radius 2 is 2.05 bits per heavy atom. The molecule has 0 saturated heterocycles. The second kappa shape index (κ2) is 5.81. The number of hydrogen-bond acceptors (Lipinski definition) is 5. The molecule has 1 aromatic heterocycles. The van der Waals surface area contributed by atoms with Crippen molar-refractivity contribution in [1.29, 1.82) is 0 Å². The lowest BCUT2D eigenvalue weighted by molar-refractivity contribution is -0.0539. The number of aryl methyl sites for hydroxylation is 1. The van der Waals surface area contributed by atoms with E-state index in [-0.39, 0.29) is 18.2 Å². The average molecular weight is 289 g/mol. The summed E-state index contributed by atoms with van der Waals surface area (Å²) in [6.45, 7) is 0. The predicted octanol–water partition coefficient (Wildman–Crippen LogP) is 2.08. The Bertz CT molecular complexity index is 653. The molecule has 0 bridgehead atoms. The molecule has 1 aliphatic carbocycles. The van der Waals surface area contributed by atoms with Crippen LogP contribution in [0, 0.1) is 0 Å². The number of aromatic nitrogens is 3. The van der Waals surface area contributed by atoms with Crippen LogP contribution in [0.15, 0.2) is 18.2 Å². The van der Waals surface area contributed by atoms with Crippen LogP contribution in [-0.4, -0.2) is 40.3 Å². The highest BCUT2D eigenvalue weighted by atomic mass is 16.6. The lowest BCUT2D eigenvalue weighted by atomic mass is 9.94. The summed E-state index contributed by atoms with van der Waals surface area (Å²) < 4.78 is 12.7. The summed E-state index contributed by atoms with van der Waals surface area (Å²) in [6, 6.07) is 5.28. The number of carbonyl (C=O) groups excluding carboxylic acids is 1. The summed E-state index contributed by atoms with van der Waals surface area (Å²) in [6.07, 6.45) is 3.85. The lowest BCUT2D eigenvalue weighted by Gasteiger charge is -2.29. The molecule has 3 rings (SSSR count). The van der Waals surface area contributed by atoms with Crippen LogP contribution < -0.4 is 0 Å². The average Bonchev–Trinajstić information content (AvgIpc) is 2.88. The Labute approximate surface area is 123 Å². The molecule has 6 nitrogen and oxygen atoms in total. The maximum absolute atomic E-state index is 12.3. The quantitative estimate of drug-likeness (QED) is 0.809. The Kier molecular flexibility index (Phi) is 3.88. The molecule has 1 aliphatic rings. The first kappa shape index (κ1) is 14.0. The maximum Gasteiger partial charge on any atom is 0.338 e. The van der Waals surface area contributed by atoms with E-state index in [4.69, 9.17) is 9.47 Å². The number of fused-ring (bicyclic) bond motifs is 1. The van der Waals surface area contributed by atoms with Crippen molar-refractivity contribution in [3.63, 3.8) is 0 Å². The molecule has 0 unspecified atom stereocenters. The van der Waals surface area contributed by atoms with Gasteiger partial charge in [0.1, 0.15) is 11.6 Å². The Hall–Kier alpha value is -1.95. The fraction of sp³-hybridized carbons (Fsp3) is 0.533. The van der Waals surface area contributed by atoms with Gasteiger partial charge < -0.3 is 9.47 Å². The predicted molar refractivity (Wildman–Crippen MR) is 77.0 cm³/mol. The van der Waals surface area contributed by atoms with Crippen molar-refractivity contribution < 1.29 is 14.3 Å². The second-order valence-electron chi connectivity index (χ2n) is 5.42. The number of hydrogen-bond donors (Lipinski definition) is 0. The third kappa shape index (κ3) is 2.76. The van der Waals surface area contributed by atoms with Crippen LogP contribution in [0.4, 0.5) is 0 Å². The molecule has 0 amide bonds. The molecule has 6 heteroatoms. The first-order chi connectivity index (χ1) is 10.2. The van der Waals surface area contributed by atoms with Crippen molar-refractivity contribution in [2.24, 2.45) is 7.05 Å². The minimum atomic E-state index is -0.313. The number of carbonyl (C=O) groups is 1. The van der Waals surface area contributed by atoms with E-state index in [1.165, 1.54) is 0 Å². The summed E-state index contributed by atoms with van der Waals surface area (Å²) in [4.78, 5) is 12.3. The van der Waals surface area contributed by atoms with E-state index >= 15 is 0 Å². The van der Waals surface area contributed by atoms with Crippen LogP contribution in [0.3, 0.4) is 0 Å². The van der Waals surface area contributed by atoms with Crippen molar-refractivity contribution in [3.05, 3.63) is 23.8 Å². The molecule has 0 spiro atoms. The van der Waals surface area contributed by atoms with Gasteiger partial charge in [-0.2, -0.15) is 0 Å². The molecule has 21 heavy (non-hydrogen) atoms. The topological polar surface area (TPSA) is 66.2 Å². The molecule has 1 saturated carbocycles. The molecule has 1 aromatic carbocycles. The summed E-state index contributed by atoms with van der Waals surface area (Å²) in [5, 5.41) is 7.93. The van der Waals surface area contributed by atoms with Gasteiger partial charge in [-0.25, -0.2) is 9.48 Å². The largest absolute Gasteiger partial charge is 0.456 e. The van der Waals surface area contributed by atoms with Gasteiger partial charge in [-0.1, -0.05) is 11.6 Å².